The quantitative estimate of drug-likeness (QED) is 0.373. The molecule has 116 valence electrons. The van der Waals surface area contributed by atoms with Crippen LogP contribution in [0, 0.1) is 5.41 Å². The summed E-state index contributed by atoms with van der Waals surface area (Å²) < 4.78 is 15.0. The largest absolute Gasteiger partial charge is 0.465 e. The minimum atomic E-state index is -0.761. The van der Waals surface area contributed by atoms with Gasteiger partial charge in [-0.2, -0.15) is 25.3 Å². The van der Waals surface area contributed by atoms with Crippen LogP contribution >= 0.6 is 25.3 Å². The van der Waals surface area contributed by atoms with E-state index in [4.69, 9.17) is 14.2 Å². The molecule has 0 fully saturated rings. The lowest BCUT2D eigenvalue weighted by atomic mass is 9.88. The highest BCUT2D eigenvalue weighted by molar-refractivity contribution is 7.81. The first-order valence-corrected chi connectivity index (χ1v) is 7.32. The van der Waals surface area contributed by atoms with Gasteiger partial charge in [0.25, 0.3) is 0 Å². The smallest absolute Gasteiger partial charge is 0.315 e. The topological polar surface area (TPSA) is 78.9 Å². The van der Waals surface area contributed by atoms with Crippen molar-refractivity contribution in [3.63, 3.8) is 0 Å². The van der Waals surface area contributed by atoms with E-state index in [1.165, 1.54) is 6.92 Å². The molecule has 0 saturated carbocycles. The zero-order valence-corrected chi connectivity index (χ0v) is 13.4. The summed E-state index contributed by atoms with van der Waals surface area (Å²) in [6.07, 6.45) is 0.500. The second-order valence-corrected chi connectivity index (χ2v) is 4.90. The van der Waals surface area contributed by atoms with Gasteiger partial charge in [-0.05, 0) is 6.42 Å². The van der Waals surface area contributed by atoms with Gasteiger partial charge >= 0.3 is 17.9 Å². The van der Waals surface area contributed by atoms with Gasteiger partial charge in [-0.1, -0.05) is 6.92 Å². The number of ether oxygens (including phenoxy) is 3. The van der Waals surface area contributed by atoms with Gasteiger partial charge in [-0.15, -0.1) is 0 Å². The molecule has 8 heteroatoms. The zero-order valence-electron chi connectivity index (χ0n) is 11.6. The summed E-state index contributed by atoms with van der Waals surface area (Å²) in [5, 5.41) is 0. The number of rotatable bonds is 9. The molecule has 0 bridgehead atoms. The Kier molecular flexibility index (Phi) is 9.49. The standard InChI is InChI=1S/C12H20O6S2/c1-3-12(6-16-9(2)13,7-17-10(14)4-19)8-18-11(15)5-20/h19-20H,3-8H2,1-2H3. The van der Waals surface area contributed by atoms with Crippen molar-refractivity contribution >= 4 is 43.2 Å². The highest BCUT2D eigenvalue weighted by Gasteiger charge is 2.33. The molecule has 0 aliphatic rings. The number of hydrogen-bond acceptors (Lipinski definition) is 8. The van der Waals surface area contributed by atoms with Gasteiger partial charge in [0.05, 0.1) is 16.9 Å². The molecule has 0 aliphatic carbocycles. The molecule has 0 unspecified atom stereocenters. The zero-order chi connectivity index (χ0) is 15.6. The molecule has 0 spiro atoms. The van der Waals surface area contributed by atoms with Crippen molar-refractivity contribution in [1.29, 1.82) is 0 Å². The third kappa shape index (κ3) is 7.64. The summed E-state index contributed by atoms with van der Waals surface area (Å²) in [5.41, 5.74) is -0.761. The lowest BCUT2D eigenvalue weighted by molar-refractivity contribution is -0.159. The second-order valence-electron chi connectivity index (χ2n) is 4.27. The molecular formula is C12H20O6S2. The molecule has 0 atom stereocenters. The molecule has 0 amide bonds. The Labute approximate surface area is 129 Å². The maximum atomic E-state index is 11.2. The van der Waals surface area contributed by atoms with Crippen molar-refractivity contribution in [1.82, 2.24) is 0 Å². The molecule has 0 saturated heterocycles. The molecule has 0 aromatic rings. The minimum absolute atomic E-state index is 0.00145. The Morgan fingerprint density at radius 2 is 1.30 bits per heavy atom. The van der Waals surface area contributed by atoms with Crippen LogP contribution in [0.2, 0.25) is 0 Å². The molecule has 6 nitrogen and oxygen atoms in total. The van der Waals surface area contributed by atoms with Crippen LogP contribution in [0.5, 0.6) is 0 Å². The van der Waals surface area contributed by atoms with Crippen molar-refractivity contribution in [2.24, 2.45) is 5.41 Å². The van der Waals surface area contributed by atoms with E-state index in [0.29, 0.717) is 6.42 Å². The molecule has 20 heavy (non-hydrogen) atoms. The number of hydrogen-bond donors (Lipinski definition) is 2. The summed E-state index contributed by atoms with van der Waals surface area (Å²) in [6.45, 7) is 3.07. The van der Waals surface area contributed by atoms with E-state index >= 15 is 0 Å². The fourth-order valence-corrected chi connectivity index (χ4v) is 1.43. The van der Waals surface area contributed by atoms with E-state index in [2.05, 4.69) is 25.3 Å². The van der Waals surface area contributed by atoms with Crippen molar-refractivity contribution in [2.45, 2.75) is 20.3 Å². The van der Waals surface area contributed by atoms with E-state index in [-0.39, 0.29) is 31.3 Å². The van der Waals surface area contributed by atoms with Crippen molar-refractivity contribution in [2.75, 3.05) is 31.3 Å². The first-order chi connectivity index (χ1) is 9.39. The Balaban J connectivity index is 4.71. The van der Waals surface area contributed by atoms with Crippen LogP contribution in [0.3, 0.4) is 0 Å². The molecule has 0 N–H and O–H groups in total. The van der Waals surface area contributed by atoms with Crippen LogP contribution < -0.4 is 0 Å². The third-order valence-corrected chi connectivity index (χ3v) is 3.18. The number of thiol groups is 2. The lowest BCUT2D eigenvalue weighted by Gasteiger charge is -2.30. The molecule has 0 aromatic carbocycles. The van der Waals surface area contributed by atoms with Gasteiger partial charge < -0.3 is 14.2 Å². The first kappa shape index (κ1) is 19.1. The summed E-state index contributed by atoms with van der Waals surface area (Å²) in [5.74, 6) is -1.54. The van der Waals surface area contributed by atoms with E-state index < -0.39 is 23.3 Å². The average Bonchev–Trinajstić information content (AvgIpc) is 2.46. The fraction of sp³-hybridized carbons (Fsp3) is 0.750. The van der Waals surface area contributed by atoms with Crippen molar-refractivity contribution in [3.05, 3.63) is 0 Å². The van der Waals surface area contributed by atoms with Crippen LogP contribution in [0.15, 0.2) is 0 Å². The summed E-state index contributed by atoms with van der Waals surface area (Å²) in [6, 6.07) is 0. The molecule has 0 radical (unpaired) electrons. The Morgan fingerprint density at radius 3 is 1.60 bits per heavy atom. The average molecular weight is 324 g/mol. The van der Waals surface area contributed by atoms with Gasteiger partial charge in [0, 0.05) is 6.92 Å². The van der Waals surface area contributed by atoms with Crippen LogP contribution in [0.25, 0.3) is 0 Å². The summed E-state index contributed by atoms with van der Waals surface area (Å²) in [7, 11) is 0. The van der Waals surface area contributed by atoms with Crippen LogP contribution in [-0.2, 0) is 28.6 Å². The molecule has 0 aliphatic heterocycles. The van der Waals surface area contributed by atoms with Crippen LogP contribution in [0.4, 0.5) is 0 Å². The van der Waals surface area contributed by atoms with Crippen molar-refractivity contribution in [3.8, 4) is 0 Å². The monoisotopic (exact) mass is 324 g/mol. The van der Waals surface area contributed by atoms with Gasteiger partial charge in [0.2, 0.25) is 0 Å². The Hall–Kier alpha value is -0.890. The normalized spacial score (nSPS) is 10.8. The minimum Gasteiger partial charge on any atom is -0.465 e. The first-order valence-electron chi connectivity index (χ1n) is 6.05. The highest BCUT2D eigenvalue weighted by atomic mass is 32.1. The van der Waals surface area contributed by atoms with Crippen molar-refractivity contribution < 1.29 is 28.6 Å². The number of esters is 3. The molecule has 0 rings (SSSR count). The van der Waals surface area contributed by atoms with E-state index in [9.17, 15) is 14.4 Å². The van der Waals surface area contributed by atoms with Crippen LogP contribution in [0.1, 0.15) is 20.3 Å². The fourth-order valence-electron chi connectivity index (χ4n) is 1.24. The van der Waals surface area contributed by atoms with E-state index in [0.717, 1.165) is 0 Å². The molecular weight excluding hydrogens is 304 g/mol. The molecule has 0 aromatic heterocycles. The predicted molar refractivity (Wildman–Crippen MR) is 79.0 cm³/mol. The van der Waals surface area contributed by atoms with Gasteiger partial charge in [-0.25, -0.2) is 0 Å². The van der Waals surface area contributed by atoms with E-state index in [1.54, 1.807) is 0 Å². The summed E-state index contributed by atoms with van der Waals surface area (Å²) >= 11 is 7.61. The Bertz CT molecular complexity index is 325. The number of carbonyl (C=O) groups excluding carboxylic acids is 3. The summed E-state index contributed by atoms with van der Waals surface area (Å²) in [4.78, 5) is 33.3. The molecule has 0 heterocycles. The Morgan fingerprint density at radius 1 is 0.900 bits per heavy atom. The van der Waals surface area contributed by atoms with Gasteiger partial charge in [0.15, 0.2) is 0 Å². The lowest BCUT2D eigenvalue weighted by Crippen LogP contribution is -2.39. The van der Waals surface area contributed by atoms with Gasteiger partial charge in [-0.3, -0.25) is 14.4 Å². The maximum absolute atomic E-state index is 11.2. The SMILES string of the molecule is CCC(COC(C)=O)(COC(=O)CS)COC(=O)CS. The van der Waals surface area contributed by atoms with E-state index in [1.807, 2.05) is 6.92 Å². The third-order valence-electron chi connectivity index (χ3n) is 2.67. The predicted octanol–water partition coefficient (Wildman–Crippen LogP) is 0.892. The van der Waals surface area contributed by atoms with Crippen LogP contribution in [-0.4, -0.2) is 49.2 Å². The maximum Gasteiger partial charge on any atom is 0.315 e. The van der Waals surface area contributed by atoms with Gasteiger partial charge in [0.1, 0.15) is 19.8 Å². The highest BCUT2D eigenvalue weighted by Crippen LogP contribution is 2.24. The second kappa shape index (κ2) is 9.93. The number of carbonyl (C=O) groups is 3.